The maximum absolute atomic E-state index is 12.2. The Hall–Kier alpha value is -1.55. The van der Waals surface area contributed by atoms with Crippen LogP contribution in [0.5, 0.6) is 0 Å². The zero-order valence-corrected chi connectivity index (χ0v) is 11.1. The van der Waals surface area contributed by atoms with Gasteiger partial charge >= 0.3 is 6.03 Å². The van der Waals surface area contributed by atoms with E-state index in [0.717, 1.165) is 30.6 Å². The lowest BCUT2D eigenvalue weighted by Gasteiger charge is -2.31. The smallest absolute Gasteiger partial charge is 0.322 e. The second kappa shape index (κ2) is 4.98. The van der Waals surface area contributed by atoms with Crippen molar-refractivity contribution in [3.8, 4) is 0 Å². The molecule has 0 radical (unpaired) electrons. The fourth-order valence-electron chi connectivity index (χ4n) is 2.40. The first-order valence-electron chi connectivity index (χ1n) is 6.40. The Morgan fingerprint density at radius 1 is 1.39 bits per heavy atom. The Morgan fingerprint density at radius 2 is 2.06 bits per heavy atom. The van der Waals surface area contributed by atoms with Gasteiger partial charge in [-0.3, -0.25) is 0 Å². The van der Waals surface area contributed by atoms with Crippen molar-refractivity contribution in [2.24, 2.45) is 5.73 Å². The predicted octanol–water partition coefficient (Wildman–Crippen LogP) is 2.55. The van der Waals surface area contributed by atoms with Crippen LogP contribution < -0.4 is 11.1 Å². The van der Waals surface area contributed by atoms with Crippen molar-refractivity contribution < 1.29 is 4.79 Å². The van der Waals surface area contributed by atoms with Crippen LogP contribution in [0.2, 0.25) is 0 Å². The van der Waals surface area contributed by atoms with Gasteiger partial charge in [0.2, 0.25) is 0 Å². The number of nitrogens with one attached hydrogen (secondary N) is 1. The van der Waals surface area contributed by atoms with Gasteiger partial charge in [-0.2, -0.15) is 0 Å². The molecule has 0 aromatic heterocycles. The average molecular weight is 247 g/mol. The molecule has 0 aliphatic carbocycles. The van der Waals surface area contributed by atoms with Crippen LogP contribution in [0.4, 0.5) is 10.5 Å². The van der Waals surface area contributed by atoms with Gasteiger partial charge in [-0.1, -0.05) is 12.1 Å². The summed E-state index contributed by atoms with van der Waals surface area (Å²) in [7, 11) is 0. The lowest BCUT2D eigenvalue weighted by molar-refractivity contribution is 0.178. The number of likely N-dealkylation sites (tertiary alicyclic amines) is 1. The number of nitrogens with zero attached hydrogens (tertiary/aromatic N) is 1. The molecule has 1 aliphatic rings. The molecule has 1 aliphatic heterocycles. The van der Waals surface area contributed by atoms with Gasteiger partial charge in [-0.05, 0) is 44.4 Å². The molecular weight excluding hydrogens is 226 g/mol. The quantitative estimate of drug-likeness (QED) is 0.843. The van der Waals surface area contributed by atoms with Crippen LogP contribution in [0.15, 0.2) is 24.3 Å². The first-order valence-corrected chi connectivity index (χ1v) is 6.40. The molecule has 1 fully saturated rings. The minimum Gasteiger partial charge on any atom is -0.326 e. The predicted molar refractivity (Wildman–Crippen MR) is 73.4 cm³/mol. The highest BCUT2D eigenvalue weighted by molar-refractivity contribution is 5.90. The van der Waals surface area contributed by atoms with Gasteiger partial charge in [0.05, 0.1) is 0 Å². The molecular formula is C14H21N3O. The summed E-state index contributed by atoms with van der Waals surface area (Å²) in [5.74, 6) is 0. The normalized spacial score (nSPS) is 17.8. The summed E-state index contributed by atoms with van der Waals surface area (Å²) in [6.45, 7) is 5.57. The Balaban J connectivity index is 2.02. The van der Waals surface area contributed by atoms with Crippen molar-refractivity contribution in [2.45, 2.75) is 38.8 Å². The highest BCUT2D eigenvalue weighted by Gasteiger charge is 2.35. The van der Waals surface area contributed by atoms with Gasteiger partial charge in [0.1, 0.15) is 0 Å². The van der Waals surface area contributed by atoms with Crippen molar-refractivity contribution in [2.75, 3.05) is 11.9 Å². The topological polar surface area (TPSA) is 58.4 Å². The molecule has 0 saturated carbocycles. The fourth-order valence-corrected chi connectivity index (χ4v) is 2.40. The summed E-state index contributed by atoms with van der Waals surface area (Å²) in [4.78, 5) is 14.1. The second-order valence-corrected chi connectivity index (χ2v) is 5.40. The third-order valence-corrected chi connectivity index (χ3v) is 3.59. The number of amides is 2. The van der Waals surface area contributed by atoms with E-state index in [1.807, 2.05) is 29.2 Å². The summed E-state index contributed by atoms with van der Waals surface area (Å²) in [6, 6.07) is 7.64. The van der Waals surface area contributed by atoms with Crippen molar-refractivity contribution in [1.29, 1.82) is 0 Å². The van der Waals surface area contributed by atoms with Crippen LogP contribution in [0.3, 0.4) is 0 Å². The Labute approximate surface area is 108 Å². The van der Waals surface area contributed by atoms with E-state index in [1.165, 1.54) is 0 Å². The lowest BCUT2D eigenvalue weighted by atomic mass is 10.0. The summed E-state index contributed by atoms with van der Waals surface area (Å²) < 4.78 is 0. The number of benzene rings is 1. The van der Waals surface area contributed by atoms with E-state index in [1.54, 1.807) is 0 Å². The zero-order chi connectivity index (χ0) is 13.2. The van der Waals surface area contributed by atoms with Crippen LogP contribution in [0, 0.1) is 0 Å². The first-order chi connectivity index (χ1) is 8.53. The van der Waals surface area contributed by atoms with Gasteiger partial charge in [0.25, 0.3) is 0 Å². The molecule has 1 heterocycles. The summed E-state index contributed by atoms with van der Waals surface area (Å²) in [5, 5.41) is 2.94. The monoisotopic (exact) mass is 247 g/mol. The molecule has 4 nitrogen and oxygen atoms in total. The molecule has 0 unspecified atom stereocenters. The number of rotatable bonds is 2. The number of nitrogens with two attached hydrogens (primary N) is 1. The van der Waals surface area contributed by atoms with E-state index in [9.17, 15) is 4.79 Å². The number of anilines is 1. The highest BCUT2D eigenvalue weighted by Crippen LogP contribution is 2.28. The molecule has 2 rings (SSSR count). The molecule has 0 bridgehead atoms. The molecule has 18 heavy (non-hydrogen) atoms. The summed E-state index contributed by atoms with van der Waals surface area (Å²) in [5.41, 5.74) is 7.38. The van der Waals surface area contributed by atoms with Crippen molar-refractivity contribution in [3.63, 3.8) is 0 Å². The van der Waals surface area contributed by atoms with E-state index in [-0.39, 0.29) is 11.6 Å². The van der Waals surface area contributed by atoms with E-state index >= 15 is 0 Å². The van der Waals surface area contributed by atoms with Gasteiger partial charge < -0.3 is 16.0 Å². The van der Waals surface area contributed by atoms with Crippen molar-refractivity contribution >= 4 is 11.7 Å². The molecule has 2 amide bonds. The highest BCUT2D eigenvalue weighted by atomic mass is 16.2. The van der Waals surface area contributed by atoms with Gasteiger partial charge in [-0.25, -0.2) is 4.79 Å². The van der Waals surface area contributed by atoms with Gasteiger partial charge in [0.15, 0.2) is 0 Å². The second-order valence-electron chi connectivity index (χ2n) is 5.40. The van der Waals surface area contributed by atoms with E-state index < -0.39 is 0 Å². The van der Waals surface area contributed by atoms with Crippen molar-refractivity contribution in [3.05, 3.63) is 29.8 Å². The third-order valence-electron chi connectivity index (χ3n) is 3.59. The Morgan fingerprint density at radius 3 is 2.56 bits per heavy atom. The van der Waals surface area contributed by atoms with Gasteiger partial charge in [-0.15, -0.1) is 0 Å². The van der Waals surface area contributed by atoms with Crippen LogP contribution >= 0.6 is 0 Å². The number of hydrogen-bond donors (Lipinski definition) is 2. The third kappa shape index (κ3) is 2.64. The Bertz CT molecular complexity index is 425. The fraction of sp³-hybridized carbons (Fsp3) is 0.500. The maximum atomic E-state index is 12.2. The summed E-state index contributed by atoms with van der Waals surface area (Å²) >= 11 is 0. The van der Waals surface area contributed by atoms with Crippen LogP contribution in [-0.2, 0) is 6.54 Å². The molecule has 0 atom stereocenters. The minimum absolute atomic E-state index is 0.0157. The maximum Gasteiger partial charge on any atom is 0.322 e. The number of urea groups is 1. The average Bonchev–Trinajstić information content (AvgIpc) is 2.70. The number of carbonyl (C=O) groups is 1. The molecule has 4 heteroatoms. The minimum atomic E-state index is -0.0404. The largest absolute Gasteiger partial charge is 0.326 e. The van der Waals surface area contributed by atoms with Crippen LogP contribution in [-0.4, -0.2) is 23.0 Å². The van der Waals surface area contributed by atoms with Crippen molar-refractivity contribution in [1.82, 2.24) is 4.90 Å². The molecule has 1 saturated heterocycles. The van der Waals surface area contributed by atoms with Crippen LogP contribution in [0.25, 0.3) is 0 Å². The molecule has 3 N–H and O–H groups in total. The van der Waals surface area contributed by atoms with E-state index in [0.29, 0.717) is 6.54 Å². The zero-order valence-electron chi connectivity index (χ0n) is 11.1. The molecule has 98 valence electrons. The number of carbonyl (C=O) groups excluding carboxylic acids is 1. The molecule has 1 aromatic carbocycles. The van der Waals surface area contributed by atoms with Gasteiger partial charge in [0, 0.05) is 24.3 Å². The number of hydrogen-bond acceptors (Lipinski definition) is 2. The van der Waals surface area contributed by atoms with E-state index in [2.05, 4.69) is 19.2 Å². The molecule has 1 aromatic rings. The molecule has 0 spiro atoms. The summed E-state index contributed by atoms with van der Waals surface area (Å²) in [6.07, 6.45) is 2.14. The first kappa shape index (κ1) is 12.9. The van der Waals surface area contributed by atoms with E-state index in [4.69, 9.17) is 5.73 Å². The van der Waals surface area contributed by atoms with Crippen LogP contribution in [0.1, 0.15) is 32.3 Å². The Kier molecular flexibility index (Phi) is 3.57. The SMILES string of the molecule is CC1(C)CCCN1C(=O)Nc1ccc(CN)cc1. The lowest BCUT2D eigenvalue weighted by Crippen LogP contribution is -2.44. The standard InChI is InChI=1S/C14H21N3O/c1-14(2)8-3-9-17(14)13(18)16-12-6-4-11(10-15)5-7-12/h4-7H,3,8-10,15H2,1-2H3,(H,16,18).